The summed E-state index contributed by atoms with van der Waals surface area (Å²) < 4.78 is 66.4. The number of sulfonamides is 1. The molecule has 0 unspecified atom stereocenters. The van der Waals surface area contributed by atoms with Crippen molar-refractivity contribution in [3.05, 3.63) is 65.5 Å². The van der Waals surface area contributed by atoms with E-state index in [1.165, 1.54) is 23.1 Å². The van der Waals surface area contributed by atoms with Crippen molar-refractivity contribution < 1.29 is 26.4 Å². The number of piperazine rings is 1. The Morgan fingerprint density at radius 1 is 0.885 bits per heavy atom. The van der Waals surface area contributed by atoms with Gasteiger partial charge in [0.1, 0.15) is 22.3 Å². The molecule has 3 rings (SSSR count). The van der Waals surface area contributed by atoms with E-state index in [2.05, 4.69) is 0 Å². The molecule has 1 aliphatic heterocycles. The summed E-state index contributed by atoms with van der Waals surface area (Å²) in [6.45, 7) is -0.0181. The summed E-state index contributed by atoms with van der Waals surface area (Å²) in [7, 11) is -4.22. The Labute approximate surface area is 148 Å². The third-order valence-electron chi connectivity index (χ3n) is 4.11. The fourth-order valence-electron chi connectivity index (χ4n) is 2.75. The molecule has 26 heavy (non-hydrogen) atoms. The number of carbonyl (C=O) groups is 1. The van der Waals surface area contributed by atoms with Crippen LogP contribution in [0.2, 0.25) is 0 Å². The minimum atomic E-state index is -4.22. The molecular weight excluding hydrogens is 369 g/mol. The average molecular weight is 384 g/mol. The van der Waals surface area contributed by atoms with Crippen molar-refractivity contribution in [2.45, 2.75) is 4.90 Å². The van der Waals surface area contributed by atoms with Gasteiger partial charge in [-0.25, -0.2) is 21.6 Å². The summed E-state index contributed by atoms with van der Waals surface area (Å²) in [4.78, 5) is 13.0. The van der Waals surface area contributed by atoms with Crippen molar-refractivity contribution in [2.24, 2.45) is 0 Å². The van der Waals surface area contributed by atoms with Crippen LogP contribution >= 0.6 is 0 Å². The summed E-state index contributed by atoms with van der Waals surface area (Å²) in [6.07, 6.45) is 0. The number of hydrogen-bond donors (Lipinski definition) is 0. The second-order valence-electron chi connectivity index (χ2n) is 5.78. The molecule has 0 bridgehead atoms. The lowest BCUT2D eigenvalue weighted by atomic mass is 10.2. The summed E-state index contributed by atoms with van der Waals surface area (Å²) in [6, 6.07) is 7.43. The number of amides is 1. The van der Waals surface area contributed by atoms with Gasteiger partial charge >= 0.3 is 0 Å². The molecular formula is C17H15F3N2O3S. The molecule has 2 aromatic carbocycles. The van der Waals surface area contributed by atoms with Gasteiger partial charge in [-0.2, -0.15) is 4.31 Å². The van der Waals surface area contributed by atoms with Crippen LogP contribution in [0.1, 0.15) is 10.4 Å². The predicted molar refractivity (Wildman–Crippen MR) is 87.4 cm³/mol. The highest BCUT2D eigenvalue weighted by molar-refractivity contribution is 7.89. The van der Waals surface area contributed by atoms with E-state index >= 15 is 0 Å². The van der Waals surface area contributed by atoms with Crippen molar-refractivity contribution >= 4 is 15.9 Å². The van der Waals surface area contributed by atoms with E-state index in [0.717, 1.165) is 22.5 Å². The Balaban J connectivity index is 1.74. The number of nitrogens with zero attached hydrogens (tertiary/aromatic N) is 2. The van der Waals surface area contributed by atoms with Gasteiger partial charge in [-0.3, -0.25) is 4.79 Å². The Hall–Kier alpha value is -2.39. The van der Waals surface area contributed by atoms with Crippen LogP contribution in [-0.2, 0) is 10.0 Å². The third-order valence-corrected chi connectivity index (χ3v) is 6.02. The van der Waals surface area contributed by atoms with Gasteiger partial charge in [0.05, 0.1) is 0 Å². The van der Waals surface area contributed by atoms with Crippen molar-refractivity contribution in [3.63, 3.8) is 0 Å². The highest BCUT2D eigenvalue weighted by Crippen LogP contribution is 2.22. The lowest BCUT2D eigenvalue weighted by molar-refractivity contribution is 0.0697. The normalized spacial score (nSPS) is 15.9. The van der Waals surface area contributed by atoms with Crippen molar-refractivity contribution in [2.75, 3.05) is 26.2 Å². The molecule has 1 heterocycles. The molecule has 0 saturated carbocycles. The summed E-state index contributed by atoms with van der Waals surface area (Å²) >= 11 is 0. The molecule has 1 amide bonds. The molecule has 5 nitrogen and oxygen atoms in total. The van der Waals surface area contributed by atoms with Crippen LogP contribution in [0.25, 0.3) is 0 Å². The average Bonchev–Trinajstić information content (AvgIpc) is 2.63. The number of benzene rings is 2. The highest BCUT2D eigenvalue weighted by Gasteiger charge is 2.32. The zero-order chi connectivity index (χ0) is 18.9. The van der Waals surface area contributed by atoms with Gasteiger partial charge in [0.15, 0.2) is 0 Å². The molecule has 0 spiro atoms. The fourth-order valence-corrected chi connectivity index (χ4v) is 4.25. The summed E-state index contributed by atoms with van der Waals surface area (Å²) in [5, 5.41) is 0. The van der Waals surface area contributed by atoms with Gasteiger partial charge in [0, 0.05) is 31.7 Å². The Morgan fingerprint density at radius 2 is 1.54 bits per heavy atom. The highest BCUT2D eigenvalue weighted by atomic mass is 32.2. The van der Waals surface area contributed by atoms with Gasteiger partial charge in [0.2, 0.25) is 10.0 Å². The van der Waals surface area contributed by atoms with E-state index in [1.54, 1.807) is 0 Å². The second-order valence-corrected chi connectivity index (χ2v) is 7.69. The van der Waals surface area contributed by atoms with Gasteiger partial charge in [-0.1, -0.05) is 6.07 Å². The van der Waals surface area contributed by atoms with Gasteiger partial charge < -0.3 is 4.90 Å². The topological polar surface area (TPSA) is 57.7 Å². The second kappa shape index (κ2) is 7.08. The minimum absolute atomic E-state index is 0.0610. The molecule has 0 aromatic heterocycles. The molecule has 0 atom stereocenters. The molecule has 0 aliphatic carbocycles. The van der Waals surface area contributed by atoms with E-state index in [-0.39, 0.29) is 31.7 Å². The van der Waals surface area contributed by atoms with Crippen molar-refractivity contribution in [1.29, 1.82) is 0 Å². The molecule has 1 fully saturated rings. The van der Waals surface area contributed by atoms with E-state index in [1.807, 2.05) is 0 Å². The van der Waals surface area contributed by atoms with E-state index in [4.69, 9.17) is 0 Å². The first kappa shape index (κ1) is 18.4. The van der Waals surface area contributed by atoms with Crippen LogP contribution in [-0.4, -0.2) is 49.7 Å². The monoisotopic (exact) mass is 384 g/mol. The zero-order valence-electron chi connectivity index (χ0n) is 13.5. The molecule has 0 N–H and O–H groups in total. The van der Waals surface area contributed by atoms with E-state index in [0.29, 0.717) is 6.07 Å². The third kappa shape index (κ3) is 3.58. The number of carbonyl (C=O) groups excluding carboxylic acids is 1. The fraction of sp³-hybridized carbons (Fsp3) is 0.235. The van der Waals surface area contributed by atoms with Gasteiger partial charge in [-0.15, -0.1) is 0 Å². The van der Waals surface area contributed by atoms with Crippen LogP contribution < -0.4 is 0 Å². The summed E-state index contributed by atoms with van der Waals surface area (Å²) in [5.74, 6) is -2.85. The number of hydrogen-bond acceptors (Lipinski definition) is 3. The predicted octanol–water partition coefficient (Wildman–Crippen LogP) is 2.25. The number of halogens is 3. The molecule has 138 valence electrons. The molecule has 0 radical (unpaired) electrons. The van der Waals surface area contributed by atoms with Crippen LogP contribution in [0.4, 0.5) is 13.2 Å². The summed E-state index contributed by atoms with van der Waals surface area (Å²) in [5.41, 5.74) is 0.164. The molecule has 9 heteroatoms. The lowest BCUT2D eigenvalue weighted by Gasteiger charge is -2.34. The standard InChI is InChI=1S/C17H15F3N2O3S/c18-13-3-1-2-12(10-13)17(23)21-6-8-22(9-7-21)26(24,25)16-11-14(19)4-5-15(16)20/h1-5,10-11H,6-9H2. The van der Waals surface area contributed by atoms with Crippen LogP contribution in [0.15, 0.2) is 47.4 Å². The Bertz CT molecular complexity index is 942. The van der Waals surface area contributed by atoms with Crippen LogP contribution in [0, 0.1) is 17.5 Å². The van der Waals surface area contributed by atoms with Crippen LogP contribution in [0.5, 0.6) is 0 Å². The SMILES string of the molecule is O=C(c1cccc(F)c1)N1CCN(S(=O)(=O)c2cc(F)ccc2F)CC1. The van der Waals surface area contributed by atoms with E-state index < -0.39 is 38.3 Å². The molecule has 2 aromatic rings. The maximum atomic E-state index is 13.8. The van der Waals surface area contributed by atoms with Crippen molar-refractivity contribution in [3.8, 4) is 0 Å². The minimum Gasteiger partial charge on any atom is -0.336 e. The molecule has 1 aliphatic rings. The van der Waals surface area contributed by atoms with Crippen LogP contribution in [0.3, 0.4) is 0 Å². The first-order valence-electron chi connectivity index (χ1n) is 7.79. The van der Waals surface area contributed by atoms with Crippen molar-refractivity contribution in [1.82, 2.24) is 9.21 Å². The molecule has 1 saturated heterocycles. The Morgan fingerprint density at radius 3 is 2.19 bits per heavy atom. The smallest absolute Gasteiger partial charge is 0.254 e. The van der Waals surface area contributed by atoms with Gasteiger partial charge in [0.25, 0.3) is 5.91 Å². The first-order chi connectivity index (χ1) is 12.3. The maximum Gasteiger partial charge on any atom is 0.254 e. The first-order valence-corrected chi connectivity index (χ1v) is 9.23. The van der Waals surface area contributed by atoms with E-state index in [9.17, 15) is 26.4 Å². The van der Waals surface area contributed by atoms with Gasteiger partial charge in [-0.05, 0) is 36.4 Å². The lowest BCUT2D eigenvalue weighted by Crippen LogP contribution is -2.50. The quantitative estimate of drug-likeness (QED) is 0.816. The zero-order valence-corrected chi connectivity index (χ0v) is 14.3. The largest absolute Gasteiger partial charge is 0.336 e. The Kier molecular flexibility index (Phi) is 5.01. The number of rotatable bonds is 3. The maximum absolute atomic E-state index is 13.8.